The lowest BCUT2D eigenvalue weighted by Crippen LogP contribution is -2.15. The van der Waals surface area contributed by atoms with Crippen molar-refractivity contribution in [1.82, 2.24) is 0 Å². The van der Waals surface area contributed by atoms with Gasteiger partial charge in [-0.3, -0.25) is 4.72 Å². The van der Waals surface area contributed by atoms with E-state index >= 15 is 0 Å². The number of fused-ring (bicyclic) bond motifs is 2. The number of hydrogen-bond acceptors (Lipinski definition) is 4. The lowest BCUT2D eigenvalue weighted by atomic mass is 9.93. The van der Waals surface area contributed by atoms with Crippen LogP contribution in [0.4, 0.5) is 10.1 Å². The molecule has 0 saturated heterocycles. The molecule has 0 aromatic heterocycles. The normalized spacial score (nSPS) is 11.7. The van der Waals surface area contributed by atoms with E-state index in [1.807, 2.05) is 24.3 Å². The average Bonchev–Trinajstić information content (AvgIpc) is 2.81. The summed E-state index contributed by atoms with van der Waals surface area (Å²) < 4.78 is 42.7. The lowest BCUT2D eigenvalue weighted by molar-refractivity contribution is 0.472. The van der Waals surface area contributed by atoms with E-state index in [-0.39, 0.29) is 22.7 Å². The number of sulfonamides is 1. The fourth-order valence-electron chi connectivity index (χ4n) is 4.04. The Balaban J connectivity index is 1.79. The van der Waals surface area contributed by atoms with Gasteiger partial charge in [0.1, 0.15) is 22.2 Å². The third kappa shape index (κ3) is 3.52. The number of rotatable bonds is 4. The summed E-state index contributed by atoms with van der Waals surface area (Å²) in [6.07, 6.45) is 0. The van der Waals surface area contributed by atoms with Crippen molar-refractivity contribution >= 4 is 37.3 Å². The van der Waals surface area contributed by atoms with Gasteiger partial charge in [0.05, 0.1) is 5.69 Å². The maximum atomic E-state index is 14.2. The van der Waals surface area contributed by atoms with Crippen LogP contribution in [0.2, 0.25) is 0 Å². The Kier molecular flexibility index (Phi) is 4.91. The van der Waals surface area contributed by atoms with Crippen molar-refractivity contribution in [3.8, 4) is 22.6 Å². The summed E-state index contributed by atoms with van der Waals surface area (Å²) in [4.78, 5) is -0.489. The van der Waals surface area contributed by atoms with E-state index in [0.29, 0.717) is 21.7 Å². The van der Waals surface area contributed by atoms with Crippen LogP contribution >= 0.6 is 0 Å². The largest absolute Gasteiger partial charge is 0.507 e. The molecule has 0 aliphatic heterocycles. The molecule has 164 valence electrons. The van der Waals surface area contributed by atoms with Crippen LogP contribution < -0.4 is 4.72 Å². The van der Waals surface area contributed by atoms with Gasteiger partial charge >= 0.3 is 0 Å². The van der Waals surface area contributed by atoms with Crippen molar-refractivity contribution in [2.45, 2.75) is 4.90 Å². The van der Waals surface area contributed by atoms with Gasteiger partial charge in [0.15, 0.2) is 0 Å². The van der Waals surface area contributed by atoms with Crippen molar-refractivity contribution < 1.29 is 23.0 Å². The average molecular weight is 459 g/mol. The number of phenols is 2. The maximum absolute atomic E-state index is 14.2. The van der Waals surface area contributed by atoms with Crippen molar-refractivity contribution in [2.75, 3.05) is 4.72 Å². The van der Waals surface area contributed by atoms with Crippen LogP contribution in [0.3, 0.4) is 0 Å². The Morgan fingerprint density at radius 1 is 0.727 bits per heavy atom. The van der Waals surface area contributed by atoms with E-state index in [2.05, 4.69) is 4.72 Å². The van der Waals surface area contributed by atoms with Crippen LogP contribution in [-0.2, 0) is 10.0 Å². The van der Waals surface area contributed by atoms with E-state index in [4.69, 9.17) is 0 Å². The zero-order valence-corrected chi connectivity index (χ0v) is 18.0. The lowest BCUT2D eigenvalue weighted by Gasteiger charge is -2.17. The molecule has 33 heavy (non-hydrogen) atoms. The Bertz CT molecular complexity index is 1650. The molecular formula is C26H18FNO4S. The van der Waals surface area contributed by atoms with Crippen LogP contribution in [0.25, 0.3) is 32.7 Å². The van der Waals surface area contributed by atoms with Gasteiger partial charge in [-0.05, 0) is 35.0 Å². The molecule has 0 aliphatic rings. The summed E-state index contributed by atoms with van der Waals surface area (Å²) >= 11 is 0. The Labute approximate surface area is 189 Å². The summed E-state index contributed by atoms with van der Waals surface area (Å²) in [7, 11) is -4.27. The van der Waals surface area contributed by atoms with Crippen LogP contribution in [0.15, 0.2) is 95.9 Å². The standard InChI is InChI=1S/C26H18FNO4S/c27-21-11-5-6-12-24(21)33(31,32)28-22-15-20(26(30)19-10-4-3-9-18(19)22)25-17-8-2-1-7-16(17)13-14-23(25)29/h1-15,28-30H. The van der Waals surface area contributed by atoms with E-state index < -0.39 is 20.7 Å². The minimum absolute atomic E-state index is 0.0674. The van der Waals surface area contributed by atoms with Crippen LogP contribution in [0.5, 0.6) is 11.5 Å². The van der Waals surface area contributed by atoms with Crippen LogP contribution in [-0.4, -0.2) is 18.6 Å². The molecule has 0 spiro atoms. The quantitative estimate of drug-likeness (QED) is 0.287. The Morgan fingerprint density at radius 2 is 1.36 bits per heavy atom. The molecule has 0 unspecified atom stereocenters. The first-order chi connectivity index (χ1) is 15.9. The Morgan fingerprint density at radius 3 is 2.12 bits per heavy atom. The van der Waals surface area contributed by atoms with E-state index in [0.717, 1.165) is 11.5 Å². The molecule has 0 atom stereocenters. The number of halogens is 1. The van der Waals surface area contributed by atoms with Crippen molar-refractivity contribution in [3.63, 3.8) is 0 Å². The van der Waals surface area contributed by atoms with Crippen LogP contribution in [0.1, 0.15) is 0 Å². The molecule has 5 rings (SSSR count). The molecule has 0 bridgehead atoms. The molecule has 0 amide bonds. The van der Waals surface area contributed by atoms with Gasteiger partial charge in [0, 0.05) is 21.9 Å². The summed E-state index contributed by atoms with van der Waals surface area (Å²) in [5.41, 5.74) is 0.755. The molecule has 3 N–H and O–H groups in total. The fourth-order valence-corrected chi connectivity index (χ4v) is 5.19. The Hall–Kier alpha value is -4.10. The molecule has 5 nitrogen and oxygen atoms in total. The van der Waals surface area contributed by atoms with Gasteiger partial charge in [-0.25, -0.2) is 12.8 Å². The molecule has 5 aromatic rings. The third-order valence-corrected chi connectivity index (χ3v) is 6.96. The van der Waals surface area contributed by atoms with Gasteiger partial charge in [-0.15, -0.1) is 0 Å². The predicted octanol–water partition coefficient (Wildman–Crippen LogP) is 6.01. The number of anilines is 1. The second-order valence-corrected chi connectivity index (χ2v) is 9.23. The van der Waals surface area contributed by atoms with Gasteiger partial charge < -0.3 is 10.2 Å². The van der Waals surface area contributed by atoms with E-state index in [1.165, 1.54) is 30.3 Å². The molecule has 7 heteroatoms. The topological polar surface area (TPSA) is 86.6 Å². The van der Waals surface area contributed by atoms with Crippen molar-refractivity contribution in [3.05, 3.63) is 96.8 Å². The molecule has 0 heterocycles. The summed E-state index contributed by atoms with van der Waals surface area (Å²) in [5.74, 6) is -1.05. The highest BCUT2D eigenvalue weighted by atomic mass is 32.2. The molecule has 5 aromatic carbocycles. The maximum Gasteiger partial charge on any atom is 0.264 e. The second kappa shape index (κ2) is 7.79. The number of benzene rings is 5. The van der Waals surface area contributed by atoms with Crippen molar-refractivity contribution in [2.24, 2.45) is 0 Å². The number of aromatic hydroxyl groups is 2. The summed E-state index contributed by atoms with van der Waals surface area (Å²) in [6, 6.07) is 23.9. The zero-order valence-electron chi connectivity index (χ0n) is 17.2. The fraction of sp³-hybridized carbons (Fsp3) is 0. The highest BCUT2D eigenvalue weighted by Gasteiger charge is 2.23. The second-order valence-electron chi connectivity index (χ2n) is 7.58. The summed E-state index contributed by atoms with van der Waals surface area (Å²) in [5, 5.41) is 24.2. The minimum Gasteiger partial charge on any atom is -0.507 e. The first kappa shape index (κ1) is 20.8. The highest BCUT2D eigenvalue weighted by molar-refractivity contribution is 7.92. The SMILES string of the molecule is O=S(=O)(Nc1cc(-c2c(O)ccc3ccccc23)c(O)c2ccccc12)c1ccccc1F. The van der Waals surface area contributed by atoms with Crippen LogP contribution in [0, 0.1) is 5.82 Å². The molecular weight excluding hydrogens is 441 g/mol. The molecule has 0 radical (unpaired) electrons. The van der Waals surface area contributed by atoms with Crippen molar-refractivity contribution in [1.29, 1.82) is 0 Å². The minimum atomic E-state index is -4.27. The highest BCUT2D eigenvalue weighted by Crippen LogP contribution is 2.46. The number of phenolic OH excluding ortho intramolecular Hbond substituents is 2. The third-order valence-electron chi connectivity index (χ3n) is 5.56. The van der Waals surface area contributed by atoms with Gasteiger partial charge in [-0.2, -0.15) is 0 Å². The first-order valence-corrected chi connectivity index (χ1v) is 11.6. The summed E-state index contributed by atoms with van der Waals surface area (Å²) in [6.45, 7) is 0. The number of nitrogens with one attached hydrogen (secondary N) is 1. The smallest absolute Gasteiger partial charge is 0.264 e. The van der Waals surface area contributed by atoms with Gasteiger partial charge in [0.25, 0.3) is 10.0 Å². The number of hydrogen-bond donors (Lipinski definition) is 3. The first-order valence-electron chi connectivity index (χ1n) is 10.1. The molecule has 0 saturated carbocycles. The monoisotopic (exact) mass is 459 g/mol. The van der Waals surface area contributed by atoms with Gasteiger partial charge in [0.2, 0.25) is 0 Å². The predicted molar refractivity (Wildman–Crippen MR) is 127 cm³/mol. The molecule has 0 aliphatic carbocycles. The van der Waals surface area contributed by atoms with E-state index in [1.54, 1.807) is 30.3 Å². The molecule has 0 fully saturated rings. The van der Waals surface area contributed by atoms with Gasteiger partial charge in [-0.1, -0.05) is 66.7 Å². The van der Waals surface area contributed by atoms with E-state index in [9.17, 15) is 23.0 Å². The zero-order chi connectivity index (χ0) is 23.2.